The maximum absolute atomic E-state index is 13.8. The van der Waals surface area contributed by atoms with Gasteiger partial charge in [0.2, 0.25) is 5.91 Å². The Morgan fingerprint density at radius 2 is 1.44 bits per heavy atom. The average Bonchev–Trinajstić information content (AvgIpc) is 3.51. The van der Waals surface area contributed by atoms with Gasteiger partial charge in [0.05, 0.1) is 12.1 Å². The van der Waals surface area contributed by atoms with E-state index in [4.69, 9.17) is 0 Å². The summed E-state index contributed by atoms with van der Waals surface area (Å²) in [5.74, 6) is -1.25. The van der Waals surface area contributed by atoms with Crippen LogP contribution in [0.2, 0.25) is 0 Å². The van der Waals surface area contributed by atoms with Gasteiger partial charge in [-0.3, -0.25) is 19.2 Å². The van der Waals surface area contributed by atoms with Crippen molar-refractivity contribution in [3.05, 3.63) is 167 Å². The van der Waals surface area contributed by atoms with Crippen molar-refractivity contribution in [2.45, 2.75) is 23.5 Å². The van der Waals surface area contributed by atoms with E-state index < -0.39 is 17.1 Å². The van der Waals surface area contributed by atoms with Crippen LogP contribution in [0.1, 0.15) is 38.7 Å². The Balaban J connectivity index is 1.21. The van der Waals surface area contributed by atoms with E-state index in [0.29, 0.717) is 21.8 Å². The average molecular weight is 680 g/mol. The molecule has 0 bridgehead atoms. The third kappa shape index (κ3) is 8.60. The molecular weight excluding hydrogens is 647 g/mol. The number of benzene rings is 5. The van der Waals surface area contributed by atoms with Crippen LogP contribution in [0.15, 0.2) is 155 Å². The molecule has 1 heterocycles. The fraction of sp³-hybridized carbons (Fsp3) is 0.0750. The van der Waals surface area contributed by atoms with Crippen LogP contribution in [0.5, 0.6) is 0 Å². The molecule has 0 aromatic heterocycles. The van der Waals surface area contributed by atoms with Gasteiger partial charge in [0.1, 0.15) is 16.8 Å². The molecular formula is C40H33N5O4S. The van der Waals surface area contributed by atoms with Crippen molar-refractivity contribution in [3.63, 3.8) is 0 Å². The van der Waals surface area contributed by atoms with Gasteiger partial charge in [0.15, 0.2) is 0 Å². The Morgan fingerprint density at radius 3 is 2.14 bits per heavy atom. The number of rotatable bonds is 10. The maximum Gasteiger partial charge on any atom is 0.272 e. The molecule has 6 rings (SSSR count). The second kappa shape index (κ2) is 15.8. The molecule has 9 nitrogen and oxygen atoms in total. The van der Waals surface area contributed by atoms with E-state index in [1.165, 1.54) is 16.8 Å². The minimum Gasteiger partial charge on any atom is -0.321 e. The zero-order valence-electron chi connectivity index (χ0n) is 27.1. The monoisotopic (exact) mass is 679 g/mol. The predicted octanol–water partition coefficient (Wildman–Crippen LogP) is 7.10. The molecule has 0 radical (unpaired) electrons. The van der Waals surface area contributed by atoms with Crippen LogP contribution in [-0.2, 0) is 14.4 Å². The minimum absolute atomic E-state index is 0.0341. The van der Waals surface area contributed by atoms with Crippen molar-refractivity contribution < 1.29 is 19.2 Å². The van der Waals surface area contributed by atoms with Crippen molar-refractivity contribution in [2.24, 2.45) is 5.10 Å². The Labute approximate surface area is 294 Å². The number of para-hydroxylation sites is 1. The Morgan fingerprint density at radius 1 is 0.780 bits per heavy atom. The lowest BCUT2D eigenvalue weighted by Gasteiger charge is -2.17. The fourth-order valence-corrected chi connectivity index (χ4v) is 6.22. The van der Waals surface area contributed by atoms with E-state index in [2.05, 4.69) is 21.1 Å². The summed E-state index contributed by atoms with van der Waals surface area (Å²) >= 11 is 1.29. The molecule has 0 saturated heterocycles. The Hall–Kier alpha value is -6.26. The number of hydrogen-bond acceptors (Lipinski definition) is 6. The van der Waals surface area contributed by atoms with Crippen LogP contribution in [0.25, 0.3) is 6.08 Å². The number of thioether (sulfide) groups is 1. The van der Waals surface area contributed by atoms with Crippen LogP contribution >= 0.6 is 11.8 Å². The van der Waals surface area contributed by atoms with Crippen molar-refractivity contribution in [2.75, 3.05) is 10.3 Å². The Bertz CT molecular complexity index is 2070. The molecule has 0 fully saturated rings. The minimum atomic E-state index is -0.701. The number of aryl methyl sites for hydroxylation is 1. The van der Waals surface area contributed by atoms with Crippen LogP contribution in [0, 0.1) is 6.92 Å². The first-order chi connectivity index (χ1) is 24.3. The second-order valence-corrected chi connectivity index (χ2v) is 12.6. The van der Waals surface area contributed by atoms with Gasteiger partial charge in [0.25, 0.3) is 17.7 Å². The highest BCUT2D eigenvalue weighted by atomic mass is 32.2. The maximum atomic E-state index is 13.8. The molecule has 0 spiro atoms. The lowest BCUT2D eigenvalue weighted by atomic mass is 10.1. The van der Waals surface area contributed by atoms with Crippen LogP contribution in [0.3, 0.4) is 0 Å². The summed E-state index contributed by atoms with van der Waals surface area (Å²) in [5, 5.41) is 13.5. The van der Waals surface area contributed by atoms with E-state index in [1.807, 2.05) is 91.9 Å². The van der Waals surface area contributed by atoms with Crippen LogP contribution in [-0.4, -0.2) is 29.5 Å². The summed E-state index contributed by atoms with van der Waals surface area (Å²) in [5.41, 5.74) is 4.14. The quantitative estimate of drug-likeness (QED) is 0.107. The summed E-state index contributed by atoms with van der Waals surface area (Å²) in [6.45, 7) is 1.97. The lowest BCUT2D eigenvalue weighted by Crippen LogP contribution is -2.33. The first kappa shape index (κ1) is 33.6. The summed E-state index contributed by atoms with van der Waals surface area (Å²) < 4.78 is 0. The van der Waals surface area contributed by atoms with E-state index in [1.54, 1.807) is 60.7 Å². The fourth-order valence-electron chi connectivity index (χ4n) is 5.13. The topological polar surface area (TPSA) is 120 Å². The van der Waals surface area contributed by atoms with E-state index in [0.717, 1.165) is 16.7 Å². The third-order valence-corrected chi connectivity index (χ3v) is 8.90. The molecule has 4 amide bonds. The molecule has 50 heavy (non-hydrogen) atoms. The smallest absolute Gasteiger partial charge is 0.272 e. The zero-order chi connectivity index (χ0) is 34.9. The molecule has 1 aliphatic rings. The molecule has 3 N–H and O–H groups in total. The van der Waals surface area contributed by atoms with Crippen molar-refractivity contribution in [1.29, 1.82) is 0 Å². The second-order valence-electron chi connectivity index (χ2n) is 11.4. The molecule has 5 aromatic rings. The summed E-state index contributed by atoms with van der Waals surface area (Å²) in [6, 6.07) is 41.7. The number of hydrazone groups is 1. The summed E-state index contributed by atoms with van der Waals surface area (Å²) in [4.78, 5) is 53.9. The number of hydrogen-bond donors (Lipinski definition) is 3. The van der Waals surface area contributed by atoms with Crippen molar-refractivity contribution >= 4 is 58.7 Å². The van der Waals surface area contributed by atoms with Gasteiger partial charge in [-0.2, -0.15) is 10.1 Å². The van der Waals surface area contributed by atoms with Gasteiger partial charge in [-0.1, -0.05) is 103 Å². The van der Waals surface area contributed by atoms with Gasteiger partial charge in [-0.05, 0) is 66.6 Å². The number of nitrogens with one attached hydrogen (secondary N) is 3. The highest BCUT2D eigenvalue weighted by Crippen LogP contribution is 2.37. The number of amidine groups is 1. The SMILES string of the molecule is Cc1ccc(/C=C(\NC(=O)c2ccccc2)C(=O)Nc2cccc(SC(C(=O)NC3=NN(c4ccccc4)C(=O)C3)c3ccccc3)c2)cc1. The van der Waals surface area contributed by atoms with E-state index in [9.17, 15) is 19.2 Å². The molecule has 248 valence electrons. The normalized spacial score (nSPS) is 13.3. The van der Waals surface area contributed by atoms with Gasteiger partial charge in [-0.15, -0.1) is 11.8 Å². The summed E-state index contributed by atoms with van der Waals surface area (Å²) in [7, 11) is 0. The summed E-state index contributed by atoms with van der Waals surface area (Å²) in [6.07, 6.45) is 1.59. The Kier molecular flexibility index (Phi) is 10.6. The van der Waals surface area contributed by atoms with Gasteiger partial charge >= 0.3 is 0 Å². The first-order valence-corrected chi connectivity index (χ1v) is 16.7. The molecule has 1 aliphatic heterocycles. The van der Waals surface area contributed by atoms with Crippen LogP contribution in [0.4, 0.5) is 11.4 Å². The van der Waals surface area contributed by atoms with Gasteiger partial charge in [0, 0.05) is 16.1 Å². The first-order valence-electron chi connectivity index (χ1n) is 15.9. The molecule has 1 atom stereocenters. The highest BCUT2D eigenvalue weighted by molar-refractivity contribution is 8.00. The molecule has 1 unspecified atom stereocenters. The largest absolute Gasteiger partial charge is 0.321 e. The predicted molar refractivity (Wildman–Crippen MR) is 197 cm³/mol. The number of nitrogens with zero attached hydrogens (tertiary/aromatic N) is 2. The zero-order valence-corrected chi connectivity index (χ0v) is 27.9. The van der Waals surface area contributed by atoms with Gasteiger partial charge in [-0.25, -0.2) is 0 Å². The number of carbonyl (C=O) groups is 4. The van der Waals surface area contributed by atoms with Crippen LogP contribution < -0.4 is 21.0 Å². The van der Waals surface area contributed by atoms with E-state index >= 15 is 0 Å². The van der Waals surface area contributed by atoms with Crippen molar-refractivity contribution in [1.82, 2.24) is 10.6 Å². The van der Waals surface area contributed by atoms with Gasteiger partial charge < -0.3 is 16.0 Å². The molecule has 5 aromatic carbocycles. The molecule has 10 heteroatoms. The number of amides is 4. The number of carbonyl (C=O) groups excluding carboxylic acids is 4. The third-order valence-electron chi connectivity index (χ3n) is 7.65. The van der Waals surface area contributed by atoms with Crippen molar-refractivity contribution in [3.8, 4) is 0 Å². The number of anilines is 2. The molecule has 0 aliphatic carbocycles. The standard InChI is InChI=1S/C40H33N5O4S/c1-27-20-22-28(23-21-27)24-34(42-38(47)30-14-7-3-8-15-30)39(48)41-31-16-11-19-33(25-31)50-37(29-12-5-2-6-13-29)40(49)43-35-26-36(46)45(44-35)32-17-9-4-10-18-32/h2-25,37H,26H2,1H3,(H,41,48)(H,42,47)(H,43,44,49)/b34-24-. The lowest BCUT2D eigenvalue weighted by molar-refractivity contribution is -0.119. The van der Waals surface area contributed by atoms with E-state index in [-0.39, 0.29) is 29.8 Å². The highest BCUT2D eigenvalue weighted by Gasteiger charge is 2.29. The molecule has 0 saturated carbocycles.